The molecule has 0 fully saturated rings. The van der Waals surface area contributed by atoms with E-state index in [1.54, 1.807) is 23.1 Å². The molecule has 3 aromatic rings. The first-order valence-corrected chi connectivity index (χ1v) is 11.3. The molecule has 4 nitrogen and oxygen atoms in total. The lowest BCUT2D eigenvalue weighted by atomic mass is 10.1. The number of thiazole rings is 1. The Hall–Kier alpha value is -1.86. The third kappa shape index (κ3) is 5.60. The second-order valence-electron chi connectivity index (χ2n) is 6.75. The first-order chi connectivity index (χ1) is 13.7. The van der Waals surface area contributed by atoms with Crippen LogP contribution in [-0.2, 0) is 19.5 Å². The van der Waals surface area contributed by atoms with E-state index in [4.69, 9.17) is 0 Å². The van der Waals surface area contributed by atoms with Crippen molar-refractivity contribution in [3.63, 3.8) is 0 Å². The Morgan fingerprint density at radius 3 is 2.83 bits per heavy atom. The van der Waals surface area contributed by atoms with Crippen LogP contribution in [0.3, 0.4) is 0 Å². The fraction of sp³-hybridized carbons (Fsp3) is 0.273. The number of thioether (sulfide) groups is 1. The molecule has 1 N–H and O–H groups in total. The van der Waals surface area contributed by atoms with Gasteiger partial charge in [0, 0.05) is 41.4 Å². The number of nitrogens with zero attached hydrogens (tertiary/aromatic N) is 2. The van der Waals surface area contributed by atoms with Gasteiger partial charge in [-0.05, 0) is 29.5 Å². The lowest BCUT2D eigenvalue weighted by Crippen LogP contribution is -2.29. The predicted octanol–water partition coefficient (Wildman–Crippen LogP) is 5.49. The van der Waals surface area contributed by atoms with Gasteiger partial charge in [0.15, 0.2) is 5.13 Å². The number of nitrogens with one attached hydrogen (secondary N) is 1. The average molecular weight is 446 g/mol. The van der Waals surface area contributed by atoms with Crippen molar-refractivity contribution in [3.8, 4) is 0 Å². The van der Waals surface area contributed by atoms with Gasteiger partial charge in [-0.2, -0.15) is 0 Å². The van der Waals surface area contributed by atoms with Gasteiger partial charge in [0.2, 0.25) is 0 Å². The van der Waals surface area contributed by atoms with Crippen LogP contribution in [0.5, 0.6) is 0 Å². The molecule has 1 aliphatic rings. The number of benzene rings is 2. The van der Waals surface area contributed by atoms with Gasteiger partial charge in [0.25, 0.3) is 5.91 Å². The Bertz CT molecular complexity index is 962. The number of halogens is 1. The molecule has 29 heavy (non-hydrogen) atoms. The SMILES string of the molecule is CCSc1cccc(C(=O)Nc2nc3c(s2)CN(Cc2ccccc2)CC3)c1.Cl. The summed E-state index contributed by atoms with van der Waals surface area (Å²) in [6, 6.07) is 18.3. The molecule has 1 amide bonds. The van der Waals surface area contributed by atoms with Crippen LogP contribution in [0.25, 0.3) is 0 Å². The number of anilines is 1. The van der Waals surface area contributed by atoms with Crippen LogP contribution >= 0.6 is 35.5 Å². The summed E-state index contributed by atoms with van der Waals surface area (Å²) >= 11 is 3.33. The lowest BCUT2D eigenvalue weighted by Gasteiger charge is -2.25. The van der Waals surface area contributed by atoms with E-state index in [1.165, 1.54) is 10.4 Å². The molecule has 0 saturated carbocycles. The second kappa shape index (κ2) is 10.3. The maximum Gasteiger partial charge on any atom is 0.257 e. The molecule has 0 bridgehead atoms. The zero-order valence-electron chi connectivity index (χ0n) is 16.3. The molecule has 0 radical (unpaired) electrons. The largest absolute Gasteiger partial charge is 0.298 e. The smallest absolute Gasteiger partial charge is 0.257 e. The maximum atomic E-state index is 12.6. The molecule has 0 aliphatic carbocycles. The minimum atomic E-state index is -0.0919. The number of rotatable bonds is 6. The van der Waals surface area contributed by atoms with Crippen LogP contribution < -0.4 is 5.32 Å². The third-order valence-electron chi connectivity index (χ3n) is 4.69. The van der Waals surface area contributed by atoms with Crippen molar-refractivity contribution >= 4 is 46.5 Å². The van der Waals surface area contributed by atoms with Gasteiger partial charge in [0.05, 0.1) is 5.69 Å². The summed E-state index contributed by atoms with van der Waals surface area (Å²) in [5, 5.41) is 3.69. The van der Waals surface area contributed by atoms with Crippen molar-refractivity contribution in [2.75, 3.05) is 17.6 Å². The predicted molar refractivity (Wildman–Crippen MR) is 124 cm³/mol. The third-order valence-corrected chi connectivity index (χ3v) is 6.56. The molecule has 0 spiro atoms. The van der Waals surface area contributed by atoms with Crippen molar-refractivity contribution < 1.29 is 4.79 Å². The van der Waals surface area contributed by atoms with E-state index in [-0.39, 0.29) is 18.3 Å². The van der Waals surface area contributed by atoms with E-state index in [9.17, 15) is 4.79 Å². The number of amides is 1. The fourth-order valence-electron chi connectivity index (χ4n) is 3.34. The molecule has 2 aromatic carbocycles. The number of carbonyl (C=O) groups is 1. The summed E-state index contributed by atoms with van der Waals surface area (Å²) in [7, 11) is 0. The molecule has 0 saturated heterocycles. The van der Waals surface area contributed by atoms with Gasteiger partial charge in [-0.25, -0.2) is 4.98 Å². The van der Waals surface area contributed by atoms with Crippen molar-refractivity contribution in [1.29, 1.82) is 0 Å². The number of aromatic nitrogens is 1. The first-order valence-electron chi connectivity index (χ1n) is 9.50. The highest BCUT2D eigenvalue weighted by atomic mass is 35.5. The van der Waals surface area contributed by atoms with Crippen molar-refractivity contribution in [2.45, 2.75) is 31.3 Å². The van der Waals surface area contributed by atoms with Gasteiger partial charge in [-0.1, -0.05) is 43.3 Å². The number of carbonyl (C=O) groups excluding carboxylic acids is 1. The quantitative estimate of drug-likeness (QED) is 0.509. The van der Waals surface area contributed by atoms with Crippen LogP contribution in [0, 0.1) is 0 Å². The van der Waals surface area contributed by atoms with Gasteiger partial charge in [-0.15, -0.1) is 35.5 Å². The molecule has 152 valence electrons. The highest BCUT2D eigenvalue weighted by Gasteiger charge is 2.21. The summed E-state index contributed by atoms with van der Waals surface area (Å²) in [6.07, 6.45) is 0.928. The zero-order valence-corrected chi connectivity index (χ0v) is 18.7. The van der Waals surface area contributed by atoms with Crippen molar-refractivity contribution in [2.24, 2.45) is 0 Å². The van der Waals surface area contributed by atoms with Gasteiger partial charge < -0.3 is 0 Å². The topological polar surface area (TPSA) is 45.2 Å². The average Bonchev–Trinajstić information content (AvgIpc) is 3.11. The molecule has 4 rings (SSSR count). The van der Waals surface area contributed by atoms with E-state index in [2.05, 4.69) is 46.4 Å². The Morgan fingerprint density at radius 2 is 2.03 bits per heavy atom. The second-order valence-corrected chi connectivity index (χ2v) is 9.17. The molecule has 0 atom stereocenters. The van der Waals surface area contributed by atoms with E-state index >= 15 is 0 Å². The van der Waals surface area contributed by atoms with E-state index < -0.39 is 0 Å². The molecule has 2 heterocycles. The Kier molecular flexibility index (Phi) is 7.72. The number of fused-ring (bicyclic) bond motifs is 1. The Morgan fingerprint density at radius 1 is 1.21 bits per heavy atom. The van der Waals surface area contributed by atoms with Gasteiger partial charge in [-0.3, -0.25) is 15.0 Å². The van der Waals surface area contributed by atoms with E-state index in [0.717, 1.165) is 42.4 Å². The summed E-state index contributed by atoms with van der Waals surface area (Å²) in [4.78, 5) is 22.1. The number of hydrogen-bond acceptors (Lipinski definition) is 5. The normalized spacial score (nSPS) is 13.4. The summed E-state index contributed by atoms with van der Waals surface area (Å²) in [5.41, 5.74) is 3.13. The fourth-order valence-corrected chi connectivity index (χ4v) is 5.11. The lowest BCUT2D eigenvalue weighted by molar-refractivity contribution is 0.102. The van der Waals surface area contributed by atoms with Crippen molar-refractivity contribution in [1.82, 2.24) is 9.88 Å². The summed E-state index contributed by atoms with van der Waals surface area (Å²) in [6.45, 7) is 4.94. The first kappa shape index (κ1) is 21.8. The van der Waals surface area contributed by atoms with Crippen LogP contribution in [0.2, 0.25) is 0 Å². The Balaban J connectivity index is 0.00000240. The molecule has 7 heteroatoms. The number of hydrogen-bond donors (Lipinski definition) is 1. The highest BCUT2D eigenvalue weighted by Crippen LogP contribution is 2.29. The molecule has 1 aromatic heterocycles. The molecular weight excluding hydrogens is 422 g/mol. The minimum Gasteiger partial charge on any atom is -0.298 e. The standard InChI is InChI=1S/C22H23N3OS2.ClH/c1-2-27-18-10-6-9-17(13-18)21(26)24-22-23-19-11-12-25(15-20(19)28-22)14-16-7-4-3-5-8-16;/h3-10,13H,2,11-12,14-15H2,1H3,(H,23,24,26);1H. The van der Waals surface area contributed by atoms with E-state index in [1.807, 2.05) is 30.3 Å². The zero-order chi connectivity index (χ0) is 19.3. The van der Waals surface area contributed by atoms with Gasteiger partial charge >= 0.3 is 0 Å². The summed E-state index contributed by atoms with van der Waals surface area (Å²) < 4.78 is 0. The highest BCUT2D eigenvalue weighted by molar-refractivity contribution is 7.99. The van der Waals surface area contributed by atoms with E-state index in [0.29, 0.717) is 10.7 Å². The van der Waals surface area contributed by atoms with Gasteiger partial charge in [0.1, 0.15) is 0 Å². The van der Waals surface area contributed by atoms with Crippen molar-refractivity contribution in [3.05, 3.63) is 76.3 Å². The molecule has 0 unspecified atom stereocenters. The minimum absolute atomic E-state index is 0. The maximum absolute atomic E-state index is 12.6. The molecule has 1 aliphatic heterocycles. The monoisotopic (exact) mass is 445 g/mol. The van der Waals surface area contributed by atoms with Crippen LogP contribution in [-0.4, -0.2) is 28.1 Å². The molecular formula is C22H24ClN3OS2. The summed E-state index contributed by atoms with van der Waals surface area (Å²) in [5.74, 6) is 0.898. The Labute approximate surface area is 186 Å². The van der Waals surface area contributed by atoms with Crippen LogP contribution in [0.4, 0.5) is 5.13 Å². The van der Waals surface area contributed by atoms with Crippen LogP contribution in [0.15, 0.2) is 59.5 Å². The van der Waals surface area contributed by atoms with Crippen LogP contribution in [0.1, 0.15) is 33.4 Å².